The standard InChI is InChI=1S/C9H2Cl4N4S/c10-4-1-3(8(13)18-4)5-6(11)16-9-14-2-15-17(9)7(5)12/h1-2H. The molecule has 0 aromatic carbocycles. The van der Waals surface area contributed by atoms with Crippen LogP contribution in [0, 0.1) is 0 Å². The van der Waals surface area contributed by atoms with Gasteiger partial charge >= 0.3 is 0 Å². The lowest BCUT2D eigenvalue weighted by Crippen LogP contribution is -1.97. The molecule has 0 N–H and O–H groups in total. The summed E-state index contributed by atoms with van der Waals surface area (Å²) in [4.78, 5) is 8.01. The SMILES string of the molecule is Clc1cc(-c2c(Cl)nc3ncnn3c2Cl)c(Cl)s1. The van der Waals surface area contributed by atoms with E-state index in [4.69, 9.17) is 46.4 Å². The Labute approximate surface area is 125 Å². The number of hydrogen-bond acceptors (Lipinski definition) is 4. The van der Waals surface area contributed by atoms with Crippen molar-refractivity contribution in [3.05, 3.63) is 31.4 Å². The molecule has 0 saturated heterocycles. The van der Waals surface area contributed by atoms with Crippen LogP contribution in [0.1, 0.15) is 0 Å². The summed E-state index contributed by atoms with van der Waals surface area (Å²) in [5.74, 6) is 0.325. The monoisotopic (exact) mass is 338 g/mol. The highest BCUT2D eigenvalue weighted by atomic mass is 35.5. The normalized spacial score (nSPS) is 11.3. The number of aromatic nitrogens is 4. The number of nitrogens with zero attached hydrogens (tertiary/aromatic N) is 4. The maximum Gasteiger partial charge on any atom is 0.255 e. The van der Waals surface area contributed by atoms with Crippen molar-refractivity contribution in [2.75, 3.05) is 0 Å². The molecule has 0 atom stereocenters. The molecule has 3 rings (SSSR count). The van der Waals surface area contributed by atoms with Crippen molar-refractivity contribution in [1.82, 2.24) is 19.6 Å². The molecule has 0 spiro atoms. The topological polar surface area (TPSA) is 43.1 Å². The van der Waals surface area contributed by atoms with Gasteiger partial charge in [0.1, 0.15) is 21.0 Å². The predicted octanol–water partition coefficient (Wildman–Crippen LogP) is 4.47. The molecule has 3 heterocycles. The van der Waals surface area contributed by atoms with Crippen LogP contribution in [0.2, 0.25) is 19.0 Å². The van der Waals surface area contributed by atoms with Gasteiger partial charge in [0.25, 0.3) is 5.78 Å². The minimum absolute atomic E-state index is 0.205. The summed E-state index contributed by atoms with van der Waals surface area (Å²) in [5.41, 5.74) is 1.12. The first-order valence-corrected chi connectivity index (χ1v) is 6.90. The second-order valence-corrected chi connectivity index (χ2v) is 6.28. The Balaban J connectivity index is 2.38. The molecular weight excluding hydrogens is 338 g/mol. The highest BCUT2D eigenvalue weighted by Crippen LogP contribution is 2.43. The second-order valence-electron chi connectivity index (χ2n) is 3.28. The van der Waals surface area contributed by atoms with Gasteiger partial charge in [-0.15, -0.1) is 11.3 Å². The molecule has 0 amide bonds. The van der Waals surface area contributed by atoms with E-state index >= 15 is 0 Å². The largest absolute Gasteiger partial charge is 0.255 e. The molecule has 0 aliphatic rings. The van der Waals surface area contributed by atoms with Gasteiger partial charge in [0.05, 0.1) is 9.90 Å². The number of halogens is 4. The Bertz CT molecular complexity index is 750. The average molecular weight is 340 g/mol. The first-order chi connectivity index (χ1) is 8.58. The van der Waals surface area contributed by atoms with Crippen LogP contribution in [-0.4, -0.2) is 19.6 Å². The fourth-order valence-corrected chi connectivity index (χ4v) is 3.62. The zero-order chi connectivity index (χ0) is 12.9. The van der Waals surface area contributed by atoms with Crippen molar-refractivity contribution in [1.29, 1.82) is 0 Å². The molecule has 9 heteroatoms. The van der Waals surface area contributed by atoms with Crippen LogP contribution in [0.3, 0.4) is 0 Å². The molecule has 92 valence electrons. The third kappa shape index (κ3) is 1.87. The lowest BCUT2D eigenvalue weighted by atomic mass is 10.2. The van der Waals surface area contributed by atoms with Gasteiger partial charge in [-0.2, -0.15) is 19.6 Å². The first kappa shape index (κ1) is 12.4. The Morgan fingerprint density at radius 3 is 2.61 bits per heavy atom. The van der Waals surface area contributed by atoms with E-state index in [-0.39, 0.29) is 5.15 Å². The molecule has 0 aliphatic heterocycles. The summed E-state index contributed by atoms with van der Waals surface area (Å²) in [6.07, 6.45) is 1.34. The van der Waals surface area contributed by atoms with E-state index in [1.807, 2.05) is 0 Å². The minimum atomic E-state index is 0.205. The summed E-state index contributed by atoms with van der Waals surface area (Å²) in [5, 5.41) is 4.46. The van der Waals surface area contributed by atoms with Gasteiger partial charge in [0, 0.05) is 5.56 Å². The van der Waals surface area contributed by atoms with E-state index in [1.54, 1.807) is 6.07 Å². The van der Waals surface area contributed by atoms with Crippen LogP contribution in [-0.2, 0) is 0 Å². The van der Waals surface area contributed by atoms with E-state index in [1.165, 1.54) is 22.2 Å². The van der Waals surface area contributed by atoms with Crippen LogP contribution >= 0.6 is 57.7 Å². The van der Waals surface area contributed by atoms with Gasteiger partial charge in [-0.05, 0) is 6.07 Å². The van der Waals surface area contributed by atoms with Crippen molar-refractivity contribution in [2.45, 2.75) is 0 Å². The van der Waals surface area contributed by atoms with Crippen LogP contribution in [0.5, 0.6) is 0 Å². The molecule has 18 heavy (non-hydrogen) atoms. The summed E-state index contributed by atoms with van der Waals surface area (Å²) in [7, 11) is 0. The summed E-state index contributed by atoms with van der Waals surface area (Å²) in [6, 6.07) is 1.69. The molecule has 3 aromatic rings. The molecule has 0 unspecified atom stereocenters. The van der Waals surface area contributed by atoms with E-state index in [0.29, 0.717) is 30.7 Å². The summed E-state index contributed by atoms with van der Waals surface area (Å²) in [6.45, 7) is 0. The van der Waals surface area contributed by atoms with Gasteiger partial charge in [0.2, 0.25) is 0 Å². The Hall–Kier alpha value is -0.590. The quantitative estimate of drug-likeness (QED) is 0.614. The smallest absolute Gasteiger partial charge is 0.198 e. The maximum absolute atomic E-state index is 6.24. The highest BCUT2D eigenvalue weighted by molar-refractivity contribution is 7.20. The van der Waals surface area contributed by atoms with E-state index in [0.717, 1.165) is 0 Å². The highest BCUT2D eigenvalue weighted by Gasteiger charge is 2.19. The molecule has 0 aliphatic carbocycles. The zero-order valence-corrected chi connectivity index (χ0v) is 12.2. The number of hydrogen-bond donors (Lipinski definition) is 0. The summed E-state index contributed by atoms with van der Waals surface area (Å²) >= 11 is 25.6. The van der Waals surface area contributed by atoms with E-state index in [2.05, 4.69) is 15.1 Å². The molecule has 0 radical (unpaired) electrons. The van der Waals surface area contributed by atoms with Gasteiger partial charge in [-0.1, -0.05) is 46.4 Å². The fraction of sp³-hybridized carbons (Fsp3) is 0. The third-order valence-corrected chi connectivity index (χ3v) is 4.36. The average Bonchev–Trinajstić information content (AvgIpc) is 2.86. The third-order valence-electron chi connectivity index (χ3n) is 2.25. The van der Waals surface area contributed by atoms with Crippen molar-refractivity contribution >= 4 is 63.5 Å². The van der Waals surface area contributed by atoms with E-state index in [9.17, 15) is 0 Å². The first-order valence-electron chi connectivity index (χ1n) is 4.58. The van der Waals surface area contributed by atoms with Crippen molar-refractivity contribution in [3.8, 4) is 11.1 Å². The van der Waals surface area contributed by atoms with Crippen LogP contribution < -0.4 is 0 Å². The Morgan fingerprint density at radius 1 is 1.17 bits per heavy atom. The van der Waals surface area contributed by atoms with Gasteiger partial charge in [-0.3, -0.25) is 0 Å². The van der Waals surface area contributed by atoms with E-state index < -0.39 is 0 Å². The van der Waals surface area contributed by atoms with Crippen LogP contribution in [0.25, 0.3) is 16.9 Å². The Morgan fingerprint density at radius 2 is 1.94 bits per heavy atom. The van der Waals surface area contributed by atoms with Crippen LogP contribution in [0.15, 0.2) is 12.4 Å². The van der Waals surface area contributed by atoms with Gasteiger partial charge in [-0.25, -0.2) is 0 Å². The molecule has 3 aromatic heterocycles. The molecule has 0 saturated carbocycles. The Kier molecular flexibility index (Phi) is 3.11. The van der Waals surface area contributed by atoms with Gasteiger partial charge < -0.3 is 0 Å². The maximum atomic E-state index is 6.24. The number of thiophene rings is 1. The summed E-state index contributed by atoms with van der Waals surface area (Å²) < 4.78 is 2.41. The second kappa shape index (κ2) is 4.51. The van der Waals surface area contributed by atoms with Crippen molar-refractivity contribution in [2.24, 2.45) is 0 Å². The molecule has 0 fully saturated rings. The number of fused-ring (bicyclic) bond motifs is 1. The predicted molar refractivity (Wildman–Crippen MR) is 74.1 cm³/mol. The molecule has 0 bridgehead atoms. The van der Waals surface area contributed by atoms with Crippen molar-refractivity contribution < 1.29 is 0 Å². The van der Waals surface area contributed by atoms with Crippen LogP contribution in [0.4, 0.5) is 0 Å². The zero-order valence-electron chi connectivity index (χ0n) is 8.36. The minimum Gasteiger partial charge on any atom is -0.198 e. The van der Waals surface area contributed by atoms with Gasteiger partial charge in [0.15, 0.2) is 0 Å². The van der Waals surface area contributed by atoms with Crippen molar-refractivity contribution in [3.63, 3.8) is 0 Å². The molecule has 4 nitrogen and oxygen atoms in total. The lowest BCUT2D eigenvalue weighted by molar-refractivity contribution is 0.942. The number of rotatable bonds is 1. The fourth-order valence-electron chi connectivity index (χ4n) is 1.52. The lowest BCUT2D eigenvalue weighted by Gasteiger charge is -2.06. The molecular formula is C9H2Cl4N4S.